The number of alkyl halides is 2. The van der Waals surface area contributed by atoms with Crippen molar-refractivity contribution in [3.63, 3.8) is 0 Å². The number of carbonyl (C=O) groups is 1. The van der Waals surface area contributed by atoms with Gasteiger partial charge in [-0.05, 0) is 23.8 Å². The number of aliphatic hydroxyl groups excluding tert-OH is 1. The van der Waals surface area contributed by atoms with E-state index in [-0.39, 0.29) is 17.9 Å². The summed E-state index contributed by atoms with van der Waals surface area (Å²) >= 11 is 0. The molecular weight excluding hydrogens is 304 g/mol. The summed E-state index contributed by atoms with van der Waals surface area (Å²) in [5, 5.41) is 12.5. The maximum atomic E-state index is 12.2. The number of halogens is 2. The van der Waals surface area contributed by atoms with E-state index in [2.05, 4.69) is 10.1 Å². The summed E-state index contributed by atoms with van der Waals surface area (Å²) in [6, 6.07) is 14.9. The number of ether oxygens (including phenoxy) is 1. The predicted molar refractivity (Wildman–Crippen MR) is 81.6 cm³/mol. The zero-order valence-corrected chi connectivity index (χ0v) is 12.3. The monoisotopic (exact) mass is 321 g/mol. The molecule has 1 atom stereocenters. The van der Waals surface area contributed by atoms with Crippen molar-refractivity contribution >= 4 is 5.91 Å². The number of hydrogen-bond donors (Lipinski definition) is 2. The van der Waals surface area contributed by atoms with Crippen molar-refractivity contribution in [1.82, 2.24) is 5.32 Å². The third kappa shape index (κ3) is 5.67. The summed E-state index contributed by atoms with van der Waals surface area (Å²) in [5.41, 5.74) is 1.15. The standard InChI is InChI=1S/C17H17F2NO3/c18-17(19)23-15-8-4-7-13(10-15)16(22)20-11-14(21)9-12-5-2-1-3-6-12/h1-8,10,14,17,21H,9,11H2,(H,20,22). The van der Waals surface area contributed by atoms with Gasteiger partial charge >= 0.3 is 6.61 Å². The predicted octanol–water partition coefficient (Wildman–Crippen LogP) is 2.62. The van der Waals surface area contributed by atoms with Crippen molar-refractivity contribution in [2.75, 3.05) is 6.54 Å². The second-order valence-corrected chi connectivity index (χ2v) is 4.96. The van der Waals surface area contributed by atoms with Gasteiger partial charge in [0.15, 0.2) is 0 Å². The van der Waals surface area contributed by atoms with Gasteiger partial charge in [0, 0.05) is 18.5 Å². The number of carbonyl (C=O) groups excluding carboxylic acids is 1. The van der Waals surface area contributed by atoms with E-state index < -0.39 is 18.6 Å². The molecule has 0 fully saturated rings. The van der Waals surface area contributed by atoms with Gasteiger partial charge in [-0.25, -0.2) is 0 Å². The van der Waals surface area contributed by atoms with Crippen LogP contribution in [0, 0.1) is 0 Å². The molecule has 0 aliphatic rings. The first-order chi connectivity index (χ1) is 11.0. The largest absolute Gasteiger partial charge is 0.435 e. The van der Waals surface area contributed by atoms with Crippen molar-refractivity contribution in [1.29, 1.82) is 0 Å². The third-order valence-corrected chi connectivity index (χ3v) is 3.13. The minimum absolute atomic E-state index is 0.0632. The number of nitrogens with one attached hydrogen (secondary N) is 1. The lowest BCUT2D eigenvalue weighted by atomic mass is 10.1. The fraction of sp³-hybridized carbons (Fsp3) is 0.235. The van der Waals surface area contributed by atoms with Crippen molar-refractivity contribution in [3.05, 3.63) is 65.7 Å². The van der Waals surface area contributed by atoms with Crippen LogP contribution in [-0.2, 0) is 6.42 Å². The third-order valence-electron chi connectivity index (χ3n) is 3.13. The van der Waals surface area contributed by atoms with Crippen molar-refractivity contribution in [3.8, 4) is 5.75 Å². The average molecular weight is 321 g/mol. The van der Waals surface area contributed by atoms with Gasteiger partial charge in [0.25, 0.3) is 5.91 Å². The fourth-order valence-electron chi connectivity index (χ4n) is 2.08. The molecule has 0 aliphatic carbocycles. The van der Waals surface area contributed by atoms with Crippen LogP contribution in [0.4, 0.5) is 8.78 Å². The minimum atomic E-state index is -2.94. The SMILES string of the molecule is O=C(NCC(O)Cc1ccccc1)c1cccc(OC(F)F)c1. The molecule has 0 saturated heterocycles. The molecule has 2 N–H and O–H groups in total. The van der Waals surface area contributed by atoms with Crippen LogP contribution in [0.1, 0.15) is 15.9 Å². The Morgan fingerprint density at radius 3 is 2.57 bits per heavy atom. The first kappa shape index (κ1) is 16.9. The van der Waals surface area contributed by atoms with Crippen LogP contribution in [0.2, 0.25) is 0 Å². The summed E-state index contributed by atoms with van der Waals surface area (Å²) in [6.45, 7) is -2.88. The summed E-state index contributed by atoms with van der Waals surface area (Å²) in [7, 11) is 0. The van der Waals surface area contributed by atoms with Crippen LogP contribution in [0.5, 0.6) is 5.75 Å². The smallest absolute Gasteiger partial charge is 0.387 e. The van der Waals surface area contributed by atoms with Crippen LogP contribution in [0.3, 0.4) is 0 Å². The lowest BCUT2D eigenvalue weighted by Gasteiger charge is -2.12. The second kappa shape index (κ2) is 8.24. The van der Waals surface area contributed by atoms with Crippen LogP contribution >= 0.6 is 0 Å². The Kier molecular flexibility index (Phi) is 6.05. The van der Waals surface area contributed by atoms with Crippen molar-refractivity contribution in [2.45, 2.75) is 19.1 Å². The highest BCUT2D eigenvalue weighted by atomic mass is 19.3. The van der Waals surface area contributed by atoms with E-state index in [0.29, 0.717) is 6.42 Å². The van der Waals surface area contributed by atoms with Gasteiger partial charge in [-0.2, -0.15) is 8.78 Å². The Morgan fingerprint density at radius 1 is 1.13 bits per heavy atom. The van der Waals surface area contributed by atoms with Crippen LogP contribution in [0.15, 0.2) is 54.6 Å². The van der Waals surface area contributed by atoms with E-state index in [0.717, 1.165) is 5.56 Å². The highest BCUT2D eigenvalue weighted by Gasteiger charge is 2.11. The van der Waals surface area contributed by atoms with E-state index in [1.807, 2.05) is 30.3 Å². The fourth-order valence-corrected chi connectivity index (χ4v) is 2.08. The van der Waals surface area contributed by atoms with E-state index in [4.69, 9.17) is 0 Å². The number of amides is 1. The lowest BCUT2D eigenvalue weighted by Crippen LogP contribution is -2.33. The Morgan fingerprint density at radius 2 is 1.87 bits per heavy atom. The first-order valence-electron chi connectivity index (χ1n) is 7.09. The molecule has 2 aromatic carbocycles. The molecule has 1 unspecified atom stereocenters. The van der Waals surface area contributed by atoms with Crippen LogP contribution in [0.25, 0.3) is 0 Å². The molecule has 1 amide bonds. The van der Waals surface area contributed by atoms with Crippen molar-refractivity contribution < 1.29 is 23.4 Å². The number of aliphatic hydroxyl groups is 1. The van der Waals surface area contributed by atoms with Crippen molar-refractivity contribution in [2.24, 2.45) is 0 Å². The van der Waals surface area contributed by atoms with Gasteiger partial charge < -0.3 is 15.2 Å². The second-order valence-electron chi connectivity index (χ2n) is 4.96. The molecule has 0 spiro atoms. The summed E-state index contributed by atoms with van der Waals surface area (Å²) in [5.74, 6) is -0.547. The molecule has 0 heterocycles. The molecule has 0 saturated carbocycles. The molecule has 2 aromatic rings. The summed E-state index contributed by atoms with van der Waals surface area (Å²) in [4.78, 5) is 12.0. The number of hydrogen-bond acceptors (Lipinski definition) is 3. The molecule has 0 bridgehead atoms. The summed E-state index contributed by atoms with van der Waals surface area (Å²) in [6.07, 6.45) is -0.322. The molecule has 2 rings (SSSR count). The van der Waals surface area contributed by atoms with E-state index >= 15 is 0 Å². The maximum absolute atomic E-state index is 12.2. The molecule has 23 heavy (non-hydrogen) atoms. The highest BCUT2D eigenvalue weighted by Crippen LogP contribution is 2.15. The molecular formula is C17H17F2NO3. The molecule has 122 valence electrons. The zero-order valence-electron chi connectivity index (χ0n) is 12.3. The molecule has 4 nitrogen and oxygen atoms in total. The Labute approximate surface area is 132 Å². The van der Waals surface area contributed by atoms with E-state index in [1.165, 1.54) is 24.3 Å². The number of rotatable bonds is 7. The van der Waals surface area contributed by atoms with Gasteiger partial charge in [0.1, 0.15) is 5.75 Å². The molecule has 6 heteroatoms. The Bertz CT molecular complexity index is 635. The Balaban J connectivity index is 1.87. The van der Waals surface area contributed by atoms with Gasteiger partial charge in [0.05, 0.1) is 6.10 Å². The maximum Gasteiger partial charge on any atom is 0.387 e. The lowest BCUT2D eigenvalue weighted by molar-refractivity contribution is -0.0498. The molecule has 0 aliphatic heterocycles. The van der Waals surface area contributed by atoms with Gasteiger partial charge in [-0.15, -0.1) is 0 Å². The average Bonchev–Trinajstić information content (AvgIpc) is 2.53. The zero-order chi connectivity index (χ0) is 16.7. The quantitative estimate of drug-likeness (QED) is 0.824. The van der Waals surface area contributed by atoms with Crippen LogP contribution < -0.4 is 10.1 Å². The van der Waals surface area contributed by atoms with Gasteiger partial charge in [0.2, 0.25) is 0 Å². The van der Waals surface area contributed by atoms with Gasteiger partial charge in [-0.3, -0.25) is 4.79 Å². The summed E-state index contributed by atoms with van der Waals surface area (Å²) < 4.78 is 28.6. The molecule has 0 radical (unpaired) electrons. The van der Waals surface area contributed by atoms with E-state index in [1.54, 1.807) is 0 Å². The number of benzene rings is 2. The Hall–Kier alpha value is -2.47. The normalized spacial score (nSPS) is 12.0. The van der Waals surface area contributed by atoms with Gasteiger partial charge in [-0.1, -0.05) is 36.4 Å². The van der Waals surface area contributed by atoms with Crippen LogP contribution in [-0.4, -0.2) is 30.3 Å². The molecule has 0 aromatic heterocycles. The highest BCUT2D eigenvalue weighted by molar-refractivity contribution is 5.94. The topological polar surface area (TPSA) is 58.6 Å². The van der Waals surface area contributed by atoms with E-state index in [9.17, 15) is 18.7 Å². The first-order valence-corrected chi connectivity index (χ1v) is 7.09. The minimum Gasteiger partial charge on any atom is -0.435 e.